The van der Waals surface area contributed by atoms with E-state index < -0.39 is 17.7 Å². The number of alkyl halides is 3. The highest BCUT2D eigenvalue weighted by Crippen LogP contribution is 2.35. The Balaban J connectivity index is 2.35. The molecule has 1 aliphatic carbocycles. The molecule has 1 aromatic carbocycles. The van der Waals surface area contributed by atoms with Crippen molar-refractivity contribution in [3.8, 4) is 6.07 Å². The van der Waals surface area contributed by atoms with Gasteiger partial charge in [-0.2, -0.15) is 18.4 Å². The lowest BCUT2D eigenvalue weighted by molar-refractivity contribution is -0.127. The fourth-order valence-corrected chi connectivity index (χ4v) is 2.97. The van der Waals surface area contributed by atoms with Crippen LogP contribution in [0.5, 0.6) is 0 Å². The van der Waals surface area contributed by atoms with Crippen molar-refractivity contribution in [2.75, 3.05) is 6.54 Å². The molecule has 128 valence electrons. The maximum atomic E-state index is 13.4. The van der Waals surface area contributed by atoms with Crippen molar-refractivity contribution in [3.05, 3.63) is 40.9 Å². The number of benzene rings is 1. The third-order valence-corrected chi connectivity index (χ3v) is 4.27. The van der Waals surface area contributed by atoms with Gasteiger partial charge in [-0.25, -0.2) is 0 Å². The quantitative estimate of drug-likeness (QED) is 0.585. The Morgan fingerprint density at radius 3 is 2.38 bits per heavy atom. The molecule has 0 aromatic heterocycles. The molecular weight excluding hydrogens is 341 g/mol. The summed E-state index contributed by atoms with van der Waals surface area (Å²) in [5.41, 5.74) is -1.17. The lowest BCUT2D eigenvalue weighted by atomic mass is 10.0. The monoisotopic (exact) mass is 356 g/mol. The number of amides is 1. The van der Waals surface area contributed by atoms with Crippen LogP contribution in [0.15, 0.2) is 30.3 Å². The van der Waals surface area contributed by atoms with Crippen molar-refractivity contribution >= 4 is 23.1 Å². The minimum absolute atomic E-state index is 0.136. The summed E-state index contributed by atoms with van der Waals surface area (Å²) in [7, 11) is 0. The highest BCUT2D eigenvalue weighted by Gasteiger charge is 2.36. The van der Waals surface area contributed by atoms with E-state index in [1.54, 1.807) is 0 Å². The Labute approximate surface area is 143 Å². The largest absolute Gasteiger partial charge is 0.417 e. The molecule has 0 N–H and O–H groups in total. The van der Waals surface area contributed by atoms with Gasteiger partial charge in [-0.3, -0.25) is 4.79 Å². The van der Waals surface area contributed by atoms with Crippen LogP contribution in [0, 0.1) is 11.3 Å². The van der Waals surface area contributed by atoms with Gasteiger partial charge in [0.25, 0.3) is 0 Å². The summed E-state index contributed by atoms with van der Waals surface area (Å²) < 4.78 is 40.1. The van der Waals surface area contributed by atoms with Crippen LogP contribution in [0.3, 0.4) is 0 Å². The number of carbonyl (C=O) groups excluding carboxylic acids is 1. The summed E-state index contributed by atoms with van der Waals surface area (Å²) in [6.07, 6.45) is -0.858. The van der Waals surface area contributed by atoms with Crippen molar-refractivity contribution < 1.29 is 18.0 Å². The summed E-state index contributed by atoms with van der Waals surface area (Å²) in [6, 6.07) is 6.81. The van der Waals surface area contributed by atoms with E-state index in [4.69, 9.17) is 16.9 Å². The van der Waals surface area contributed by atoms with Gasteiger partial charge < -0.3 is 4.90 Å². The molecule has 1 fully saturated rings. The molecule has 1 aromatic rings. The average molecular weight is 357 g/mol. The van der Waals surface area contributed by atoms with Crippen LogP contribution in [0.25, 0.3) is 5.57 Å². The van der Waals surface area contributed by atoms with Gasteiger partial charge in [0, 0.05) is 17.1 Å². The minimum Gasteiger partial charge on any atom is -0.323 e. The highest BCUT2D eigenvalue weighted by atomic mass is 35.5. The molecule has 0 bridgehead atoms. The van der Waals surface area contributed by atoms with E-state index in [1.807, 2.05) is 6.07 Å². The van der Waals surface area contributed by atoms with E-state index in [9.17, 15) is 18.0 Å². The molecule has 0 aliphatic heterocycles. The van der Waals surface area contributed by atoms with E-state index in [0.29, 0.717) is 23.9 Å². The SMILES string of the molecule is N#CCN(C(=O)C=C(c1ccc(Cl)cc1)C(F)(F)F)C1CCCC1. The molecule has 0 spiro atoms. The Kier molecular flexibility index (Phi) is 5.89. The lowest BCUT2D eigenvalue weighted by Crippen LogP contribution is -2.38. The van der Waals surface area contributed by atoms with Crippen molar-refractivity contribution in [1.82, 2.24) is 4.90 Å². The summed E-state index contributed by atoms with van der Waals surface area (Å²) in [4.78, 5) is 13.6. The molecule has 2 rings (SSSR count). The van der Waals surface area contributed by atoms with E-state index in [1.165, 1.54) is 29.2 Å². The molecule has 0 saturated heterocycles. The normalized spacial score (nSPS) is 16.0. The Morgan fingerprint density at radius 1 is 1.29 bits per heavy atom. The first-order valence-electron chi connectivity index (χ1n) is 7.55. The topological polar surface area (TPSA) is 44.1 Å². The fourth-order valence-electron chi connectivity index (χ4n) is 2.84. The molecule has 1 aliphatic rings. The first-order chi connectivity index (χ1) is 11.3. The first-order valence-corrected chi connectivity index (χ1v) is 7.93. The van der Waals surface area contributed by atoms with Gasteiger partial charge in [-0.1, -0.05) is 36.6 Å². The van der Waals surface area contributed by atoms with Gasteiger partial charge in [0.15, 0.2) is 0 Å². The number of hydrogen-bond donors (Lipinski definition) is 0. The maximum absolute atomic E-state index is 13.4. The molecule has 0 unspecified atom stereocenters. The number of rotatable bonds is 4. The van der Waals surface area contributed by atoms with Crippen LogP contribution in [0.2, 0.25) is 5.02 Å². The fraction of sp³-hybridized carbons (Fsp3) is 0.412. The number of carbonyl (C=O) groups is 1. The zero-order chi connectivity index (χ0) is 17.7. The highest BCUT2D eigenvalue weighted by molar-refractivity contribution is 6.30. The van der Waals surface area contributed by atoms with Crippen LogP contribution >= 0.6 is 11.6 Å². The molecule has 0 atom stereocenters. The van der Waals surface area contributed by atoms with Gasteiger partial charge in [0.1, 0.15) is 6.54 Å². The summed E-state index contributed by atoms with van der Waals surface area (Å²) in [5, 5.41) is 9.19. The van der Waals surface area contributed by atoms with E-state index in [-0.39, 0.29) is 18.2 Å². The molecule has 24 heavy (non-hydrogen) atoms. The van der Waals surface area contributed by atoms with E-state index >= 15 is 0 Å². The zero-order valence-electron chi connectivity index (χ0n) is 12.8. The van der Waals surface area contributed by atoms with Gasteiger partial charge in [0.2, 0.25) is 5.91 Å². The Hall–Kier alpha value is -2.00. The number of halogens is 4. The summed E-state index contributed by atoms with van der Waals surface area (Å²) in [6.45, 7) is -0.217. The average Bonchev–Trinajstić information content (AvgIpc) is 3.04. The zero-order valence-corrected chi connectivity index (χ0v) is 13.6. The number of hydrogen-bond acceptors (Lipinski definition) is 2. The number of nitriles is 1. The smallest absolute Gasteiger partial charge is 0.323 e. The molecule has 0 radical (unpaired) electrons. The Bertz CT molecular complexity index is 656. The second-order valence-corrected chi connectivity index (χ2v) is 6.06. The standard InChI is InChI=1S/C17H16ClF3N2O/c18-13-7-5-12(6-8-13)15(17(19,20)21)11-16(24)23(10-9-22)14-3-1-2-4-14/h5-8,11,14H,1-4,10H2. The first kappa shape index (κ1) is 18.3. The van der Waals surface area contributed by atoms with Gasteiger partial charge in [-0.05, 0) is 30.5 Å². The summed E-state index contributed by atoms with van der Waals surface area (Å²) in [5.74, 6) is -0.786. The number of allylic oxidation sites excluding steroid dienone is 1. The number of nitrogens with zero attached hydrogens (tertiary/aromatic N) is 2. The lowest BCUT2D eigenvalue weighted by Gasteiger charge is -2.25. The van der Waals surface area contributed by atoms with Crippen molar-refractivity contribution in [3.63, 3.8) is 0 Å². The van der Waals surface area contributed by atoms with Crippen LogP contribution in [-0.4, -0.2) is 29.6 Å². The maximum Gasteiger partial charge on any atom is 0.417 e. The molecule has 1 amide bonds. The summed E-state index contributed by atoms with van der Waals surface area (Å²) >= 11 is 5.70. The van der Waals surface area contributed by atoms with Crippen LogP contribution in [0.1, 0.15) is 31.2 Å². The van der Waals surface area contributed by atoms with Crippen molar-refractivity contribution in [1.29, 1.82) is 5.26 Å². The van der Waals surface area contributed by atoms with Crippen LogP contribution in [0.4, 0.5) is 13.2 Å². The molecule has 1 saturated carbocycles. The molecular formula is C17H16ClF3N2O. The second-order valence-electron chi connectivity index (χ2n) is 5.63. The second kappa shape index (κ2) is 7.71. The van der Waals surface area contributed by atoms with Crippen LogP contribution < -0.4 is 0 Å². The van der Waals surface area contributed by atoms with E-state index in [0.717, 1.165) is 12.8 Å². The van der Waals surface area contributed by atoms with Crippen LogP contribution in [-0.2, 0) is 4.79 Å². The predicted molar refractivity (Wildman–Crippen MR) is 85.1 cm³/mol. The van der Waals surface area contributed by atoms with Crippen molar-refractivity contribution in [2.24, 2.45) is 0 Å². The molecule has 0 heterocycles. The minimum atomic E-state index is -4.68. The predicted octanol–water partition coefficient (Wildman–Crippen LogP) is 4.58. The van der Waals surface area contributed by atoms with Gasteiger partial charge >= 0.3 is 6.18 Å². The third-order valence-electron chi connectivity index (χ3n) is 4.02. The molecule has 7 heteroatoms. The van der Waals surface area contributed by atoms with E-state index in [2.05, 4.69) is 0 Å². The third kappa shape index (κ3) is 4.51. The van der Waals surface area contributed by atoms with Gasteiger partial charge in [-0.15, -0.1) is 0 Å². The Morgan fingerprint density at radius 2 is 1.88 bits per heavy atom. The molecule has 3 nitrogen and oxygen atoms in total. The van der Waals surface area contributed by atoms with Crippen molar-refractivity contribution in [2.45, 2.75) is 37.9 Å². The van der Waals surface area contributed by atoms with Gasteiger partial charge in [0.05, 0.1) is 11.6 Å².